The second-order valence-corrected chi connectivity index (χ2v) is 9.73. The molecule has 176 valence electrons. The number of carbonyl (C=O) groups is 4. The maximum Gasteiger partial charge on any atom is 0.321 e. The topological polar surface area (TPSA) is 98.8 Å². The first-order chi connectivity index (χ1) is 16.3. The van der Waals surface area contributed by atoms with E-state index in [4.69, 9.17) is 0 Å². The van der Waals surface area contributed by atoms with Crippen LogP contribution in [0, 0.1) is 5.92 Å². The van der Waals surface area contributed by atoms with Crippen LogP contribution < -0.4 is 10.6 Å². The summed E-state index contributed by atoms with van der Waals surface area (Å²) in [4.78, 5) is 52.8. The lowest BCUT2D eigenvalue weighted by Crippen LogP contribution is -2.64. The number of benzene rings is 2. The number of hydrogen-bond acceptors (Lipinski definition) is 4. The Hall–Kier alpha value is -3.68. The first-order valence-corrected chi connectivity index (χ1v) is 11.7. The first-order valence-electron chi connectivity index (χ1n) is 11.7. The number of rotatable bonds is 4. The largest absolute Gasteiger partial charge is 0.323 e. The Balaban J connectivity index is 1.25. The molecule has 3 aliphatic rings. The van der Waals surface area contributed by atoms with Crippen LogP contribution in [0.3, 0.4) is 0 Å². The standard InChI is InChI=1S/C26H28N4O4/c1-16(2)26(18-6-4-3-5-7-18)14-29(15-26)25(34)27-19-8-9-20-17(12-19)13-30(24(20)33)21-10-11-22(31)28-23(21)32/h3-9,12,16,21H,10-11,13-15H2,1-2H3,(H,27,34)(H,28,31,32). The van der Waals surface area contributed by atoms with Gasteiger partial charge in [-0.25, -0.2) is 4.79 Å². The minimum absolute atomic E-state index is 0.0502. The minimum Gasteiger partial charge on any atom is -0.323 e. The average Bonchev–Trinajstić information content (AvgIpc) is 3.09. The van der Waals surface area contributed by atoms with E-state index in [1.165, 1.54) is 10.5 Å². The van der Waals surface area contributed by atoms with E-state index in [0.29, 0.717) is 36.7 Å². The zero-order chi connectivity index (χ0) is 24.0. The van der Waals surface area contributed by atoms with E-state index in [1.807, 2.05) is 18.2 Å². The van der Waals surface area contributed by atoms with Crippen LogP contribution in [0.2, 0.25) is 0 Å². The predicted octanol–water partition coefficient (Wildman–Crippen LogP) is 2.89. The van der Waals surface area contributed by atoms with Crippen LogP contribution in [0.1, 0.15) is 48.2 Å². The van der Waals surface area contributed by atoms with Gasteiger partial charge in [-0.3, -0.25) is 19.7 Å². The van der Waals surface area contributed by atoms with Crippen molar-refractivity contribution in [2.75, 3.05) is 18.4 Å². The molecular weight excluding hydrogens is 432 g/mol. The maximum atomic E-state index is 12.9. The molecule has 0 bridgehead atoms. The molecule has 2 aromatic rings. The zero-order valence-corrected chi connectivity index (χ0v) is 19.3. The molecule has 5 rings (SSSR count). The van der Waals surface area contributed by atoms with E-state index < -0.39 is 11.9 Å². The van der Waals surface area contributed by atoms with E-state index in [2.05, 4.69) is 36.6 Å². The SMILES string of the molecule is CC(C)C1(c2ccccc2)CN(C(=O)Nc2ccc3c(c2)CN(C2CCC(=O)NC2=O)C3=O)C1. The van der Waals surface area contributed by atoms with Crippen LogP contribution in [0.4, 0.5) is 10.5 Å². The van der Waals surface area contributed by atoms with Crippen molar-refractivity contribution >= 4 is 29.4 Å². The quantitative estimate of drug-likeness (QED) is 0.686. The summed E-state index contributed by atoms with van der Waals surface area (Å²) >= 11 is 0. The molecule has 0 spiro atoms. The Bertz CT molecular complexity index is 1170. The molecule has 0 radical (unpaired) electrons. The normalized spacial score (nSPS) is 21.3. The fraction of sp³-hybridized carbons (Fsp3) is 0.385. The van der Waals surface area contributed by atoms with Crippen molar-refractivity contribution < 1.29 is 19.2 Å². The van der Waals surface area contributed by atoms with Crippen LogP contribution >= 0.6 is 0 Å². The summed E-state index contributed by atoms with van der Waals surface area (Å²) in [6, 6.07) is 14.7. The third-order valence-electron chi connectivity index (χ3n) is 7.46. The molecule has 0 aliphatic carbocycles. The van der Waals surface area contributed by atoms with Gasteiger partial charge in [0.05, 0.1) is 0 Å². The van der Waals surface area contributed by atoms with Gasteiger partial charge < -0.3 is 15.1 Å². The predicted molar refractivity (Wildman–Crippen MR) is 126 cm³/mol. The van der Waals surface area contributed by atoms with E-state index in [-0.39, 0.29) is 36.2 Å². The van der Waals surface area contributed by atoms with Crippen molar-refractivity contribution in [3.63, 3.8) is 0 Å². The lowest BCUT2D eigenvalue weighted by atomic mass is 9.66. The van der Waals surface area contributed by atoms with Crippen LogP contribution in [-0.4, -0.2) is 52.7 Å². The van der Waals surface area contributed by atoms with E-state index in [9.17, 15) is 19.2 Å². The molecule has 34 heavy (non-hydrogen) atoms. The Morgan fingerprint density at radius 1 is 1.09 bits per heavy atom. The Labute approximate surface area is 198 Å². The van der Waals surface area contributed by atoms with Gasteiger partial charge in [-0.2, -0.15) is 0 Å². The van der Waals surface area contributed by atoms with Crippen molar-refractivity contribution in [1.29, 1.82) is 0 Å². The Kier molecular flexibility index (Phi) is 5.38. The average molecular weight is 461 g/mol. The van der Waals surface area contributed by atoms with Gasteiger partial charge in [0.15, 0.2) is 0 Å². The molecule has 1 unspecified atom stereocenters. The highest BCUT2D eigenvalue weighted by molar-refractivity contribution is 6.05. The molecule has 8 nitrogen and oxygen atoms in total. The highest BCUT2D eigenvalue weighted by atomic mass is 16.2. The summed E-state index contributed by atoms with van der Waals surface area (Å²) in [5.41, 5.74) is 3.10. The van der Waals surface area contributed by atoms with Gasteiger partial charge in [-0.05, 0) is 41.7 Å². The monoisotopic (exact) mass is 460 g/mol. The lowest BCUT2D eigenvalue weighted by Gasteiger charge is -2.53. The summed E-state index contributed by atoms with van der Waals surface area (Å²) in [5.74, 6) is -0.580. The first kappa shape index (κ1) is 22.1. The summed E-state index contributed by atoms with van der Waals surface area (Å²) in [5, 5.41) is 5.27. The number of piperidine rings is 1. The van der Waals surface area contributed by atoms with E-state index >= 15 is 0 Å². The molecule has 3 aliphatic heterocycles. The summed E-state index contributed by atoms with van der Waals surface area (Å²) in [6.45, 7) is 5.95. The summed E-state index contributed by atoms with van der Waals surface area (Å²) < 4.78 is 0. The molecular formula is C26H28N4O4. The van der Waals surface area contributed by atoms with Gasteiger partial charge in [0.1, 0.15) is 6.04 Å². The summed E-state index contributed by atoms with van der Waals surface area (Å²) in [6.07, 6.45) is 0.538. The highest BCUT2D eigenvalue weighted by Crippen LogP contribution is 2.41. The zero-order valence-electron chi connectivity index (χ0n) is 19.3. The fourth-order valence-electron chi connectivity index (χ4n) is 5.28. The number of anilines is 1. The van der Waals surface area contributed by atoms with E-state index in [1.54, 1.807) is 23.1 Å². The number of hydrogen-bond donors (Lipinski definition) is 2. The molecule has 0 aromatic heterocycles. The van der Waals surface area contributed by atoms with Crippen molar-refractivity contribution in [2.45, 2.75) is 44.7 Å². The number of imide groups is 1. The molecule has 2 fully saturated rings. The molecule has 1 atom stereocenters. The number of nitrogens with zero attached hydrogens (tertiary/aromatic N) is 2. The van der Waals surface area contributed by atoms with Crippen LogP contribution in [-0.2, 0) is 21.5 Å². The molecule has 2 N–H and O–H groups in total. The molecule has 2 aromatic carbocycles. The molecule has 2 saturated heterocycles. The number of fused-ring (bicyclic) bond motifs is 1. The highest BCUT2D eigenvalue weighted by Gasteiger charge is 2.48. The van der Waals surface area contributed by atoms with Crippen LogP contribution in [0.15, 0.2) is 48.5 Å². The molecule has 8 heteroatoms. The van der Waals surface area contributed by atoms with Gasteiger partial charge in [-0.15, -0.1) is 0 Å². The van der Waals surface area contributed by atoms with Crippen LogP contribution in [0.5, 0.6) is 0 Å². The minimum atomic E-state index is -0.654. The Morgan fingerprint density at radius 3 is 2.50 bits per heavy atom. The second-order valence-electron chi connectivity index (χ2n) is 9.73. The third-order valence-corrected chi connectivity index (χ3v) is 7.46. The van der Waals surface area contributed by atoms with E-state index in [0.717, 1.165) is 5.56 Å². The number of nitrogens with one attached hydrogen (secondary N) is 2. The number of urea groups is 1. The van der Waals surface area contributed by atoms with Gasteiger partial charge in [-0.1, -0.05) is 44.2 Å². The van der Waals surface area contributed by atoms with Gasteiger partial charge in [0.25, 0.3) is 5.91 Å². The van der Waals surface area contributed by atoms with Crippen molar-refractivity contribution in [1.82, 2.24) is 15.1 Å². The van der Waals surface area contributed by atoms with Crippen molar-refractivity contribution in [3.05, 3.63) is 65.2 Å². The second kappa shape index (κ2) is 8.27. The van der Waals surface area contributed by atoms with Crippen LogP contribution in [0.25, 0.3) is 0 Å². The summed E-state index contributed by atoms with van der Waals surface area (Å²) in [7, 11) is 0. The van der Waals surface area contributed by atoms with Gasteiger partial charge >= 0.3 is 6.03 Å². The van der Waals surface area contributed by atoms with Gasteiger partial charge in [0, 0.05) is 42.7 Å². The van der Waals surface area contributed by atoms with Crippen molar-refractivity contribution in [3.8, 4) is 0 Å². The lowest BCUT2D eigenvalue weighted by molar-refractivity contribution is -0.136. The molecule has 5 amide bonds. The van der Waals surface area contributed by atoms with Crippen molar-refractivity contribution in [2.24, 2.45) is 5.92 Å². The fourth-order valence-corrected chi connectivity index (χ4v) is 5.28. The smallest absolute Gasteiger partial charge is 0.321 e. The third kappa shape index (κ3) is 3.63. The van der Waals surface area contributed by atoms with Gasteiger partial charge in [0.2, 0.25) is 11.8 Å². The Morgan fingerprint density at radius 2 is 1.82 bits per heavy atom. The molecule has 0 saturated carbocycles. The number of carbonyl (C=O) groups excluding carboxylic acids is 4. The maximum absolute atomic E-state index is 12.9. The number of amides is 5. The number of likely N-dealkylation sites (tertiary alicyclic amines) is 1. The molecule has 3 heterocycles.